The fourth-order valence-electron chi connectivity index (χ4n) is 3.58. The molecule has 30 heavy (non-hydrogen) atoms. The van der Waals surface area contributed by atoms with Gasteiger partial charge in [-0.1, -0.05) is 11.6 Å². The van der Waals surface area contributed by atoms with Gasteiger partial charge in [-0.3, -0.25) is 14.7 Å². The summed E-state index contributed by atoms with van der Waals surface area (Å²) in [5, 5.41) is 2.20. The zero-order valence-electron chi connectivity index (χ0n) is 15.9. The third kappa shape index (κ3) is 4.14. The standard InChI is InChI=1S/C19H18ClF2N5O3/c1-10-8-26(2-3-27(10)12-5-13(21)17(20)14(22)6-12)9-16(28)24-11-4-15-18(23-7-11)25-19(29)30-15/h4-7,10H,2-3,8-9H2,1H3,(H,24,28)(H,23,25,29)/t10-/m1/s1. The number of anilines is 2. The number of nitrogens with one attached hydrogen (secondary N) is 2. The second-order valence-electron chi connectivity index (χ2n) is 7.13. The van der Waals surface area contributed by atoms with Gasteiger partial charge in [0.2, 0.25) is 5.91 Å². The molecular formula is C19H18ClF2N5O3. The van der Waals surface area contributed by atoms with Gasteiger partial charge >= 0.3 is 5.76 Å². The minimum atomic E-state index is -0.801. The Kier molecular flexibility index (Phi) is 5.44. The van der Waals surface area contributed by atoms with Gasteiger partial charge in [-0.05, 0) is 19.1 Å². The molecule has 11 heteroatoms. The van der Waals surface area contributed by atoms with Crippen molar-refractivity contribution >= 4 is 40.1 Å². The fraction of sp³-hybridized carbons (Fsp3) is 0.316. The maximum atomic E-state index is 13.8. The number of carbonyl (C=O) groups is 1. The Hall–Kier alpha value is -2.98. The van der Waals surface area contributed by atoms with Crippen LogP contribution in [0.15, 0.2) is 33.6 Å². The predicted octanol–water partition coefficient (Wildman–Crippen LogP) is 2.60. The third-order valence-corrected chi connectivity index (χ3v) is 5.30. The van der Waals surface area contributed by atoms with E-state index in [0.29, 0.717) is 36.7 Å². The number of oxazole rings is 1. The quantitative estimate of drug-likeness (QED) is 0.609. The molecule has 1 aliphatic rings. The van der Waals surface area contributed by atoms with E-state index in [0.717, 1.165) is 0 Å². The second-order valence-corrected chi connectivity index (χ2v) is 7.51. The minimum absolute atomic E-state index is 0.0707. The summed E-state index contributed by atoms with van der Waals surface area (Å²) in [6.07, 6.45) is 1.43. The molecule has 1 amide bonds. The Bertz CT molecular complexity index is 1140. The van der Waals surface area contributed by atoms with Crippen molar-refractivity contribution in [1.82, 2.24) is 14.9 Å². The van der Waals surface area contributed by atoms with Gasteiger partial charge in [-0.15, -0.1) is 0 Å². The number of fused-ring (bicyclic) bond motifs is 1. The van der Waals surface area contributed by atoms with Gasteiger partial charge in [0.1, 0.15) is 16.7 Å². The number of aromatic amines is 1. The van der Waals surface area contributed by atoms with E-state index in [9.17, 15) is 18.4 Å². The summed E-state index contributed by atoms with van der Waals surface area (Å²) in [4.78, 5) is 33.9. The number of amides is 1. The molecule has 1 saturated heterocycles. The average Bonchev–Trinajstić information content (AvgIpc) is 3.05. The summed E-state index contributed by atoms with van der Waals surface area (Å²) in [7, 11) is 0. The van der Waals surface area contributed by atoms with Crippen LogP contribution in [-0.4, -0.2) is 53.0 Å². The highest BCUT2D eigenvalue weighted by molar-refractivity contribution is 6.31. The summed E-state index contributed by atoms with van der Waals surface area (Å²) in [5.74, 6) is -2.47. The number of halogens is 3. The summed E-state index contributed by atoms with van der Waals surface area (Å²) in [6.45, 7) is 3.62. The number of pyridine rings is 1. The van der Waals surface area contributed by atoms with Crippen LogP contribution >= 0.6 is 11.6 Å². The van der Waals surface area contributed by atoms with Gasteiger partial charge in [0.05, 0.1) is 18.4 Å². The topological polar surface area (TPSA) is 94.5 Å². The molecule has 0 unspecified atom stereocenters. The molecular weight excluding hydrogens is 420 g/mol. The lowest BCUT2D eigenvalue weighted by Gasteiger charge is -2.41. The van der Waals surface area contributed by atoms with Gasteiger partial charge in [-0.25, -0.2) is 18.6 Å². The predicted molar refractivity (Wildman–Crippen MR) is 108 cm³/mol. The molecule has 0 spiro atoms. The van der Waals surface area contributed by atoms with Crippen molar-refractivity contribution in [2.45, 2.75) is 13.0 Å². The van der Waals surface area contributed by atoms with Gasteiger partial charge in [0, 0.05) is 37.4 Å². The van der Waals surface area contributed by atoms with Crippen LogP contribution in [0.25, 0.3) is 11.2 Å². The number of carbonyl (C=O) groups excluding carboxylic acids is 1. The van der Waals surface area contributed by atoms with Crippen molar-refractivity contribution in [1.29, 1.82) is 0 Å². The number of piperazine rings is 1. The normalized spacial score (nSPS) is 17.5. The summed E-state index contributed by atoms with van der Waals surface area (Å²) in [6, 6.07) is 3.88. The van der Waals surface area contributed by atoms with Crippen molar-refractivity contribution in [2.75, 3.05) is 36.4 Å². The fourth-order valence-corrected chi connectivity index (χ4v) is 3.69. The van der Waals surface area contributed by atoms with Gasteiger partial charge in [0.15, 0.2) is 11.2 Å². The molecule has 0 aliphatic carbocycles. The Morgan fingerprint density at radius 3 is 2.77 bits per heavy atom. The van der Waals surface area contributed by atoms with Crippen LogP contribution in [0.4, 0.5) is 20.2 Å². The maximum Gasteiger partial charge on any atom is 0.418 e. The zero-order valence-corrected chi connectivity index (χ0v) is 16.7. The first-order valence-corrected chi connectivity index (χ1v) is 9.60. The van der Waals surface area contributed by atoms with Crippen molar-refractivity contribution in [3.63, 3.8) is 0 Å². The van der Waals surface area contributed by atoms with Crippen LogP contribution in [0.1, 0.15) is 6.92 Å². The summed E-state index contributed by atoms with van der Waals surface area (Å²) >= 11 is 5.56. The SMILES string of the molecule is C[C@@H]1CN(CC(=O)Nc2cnc3[nH]c(=O)oc3c2)CCN1c1cc(F)c(Cl)c(F)c1. The Morgan fingerprint density at radius 1 is 1.33 bits per heavy atom. The van der Waals surface area contributed by atoms with E-state index in [1.807, 2.05) is 16.7 Å². The van der Waals surface area contributed by atoms with Gasteiger partial charge in [-0.2, -0.15) is 0 Å². The first-order chi connectivity index (χ1) is 14.3. The number of benzene rings is 1. The molecule has 158 valence electrons. The molecule has 1 fully saturated rings. The molecule has 1 atom stereocenters. The van der Waals surface area contributed by atoms with Crippen molar-refractivity contribution in [3.05, 3.63) is 51.6 Å². The number of hydrogen-bond acceptors (Lipinski definition) is 6. The monoisotopic (exact) mass is 437 g/mol. The highest BCUT2D eigenvalue weighted by Gasteiger charge is 2.26. The van der Waals surface area contributed by atoms with Crippen molar-refractivity contribution < 1.29 is 18.0 Å². The van der Waals surface area contributed by atoms with Crippen LogP contribution < -0.4 is 16.0 Å². The first-order valence-electron chi connectivity index (χ1n) is 9.22. The van der Waals surface area contributed by atoms with E-state index in [2.05, 4.69) is 15.3 Å². The highest BCUT2D eigenvalue weighted by atomic mass is 35.5. The number of H-pyrrole nitrogens is 1. The average molecular weight is 438 g/mol. The number of hydrogen-bond donors (Lipinski definition) is 2. The number of aromatic nitrogens is 2. The van der Waals surface area contributed by atoms with Crippen LogP contribution in [0, 0.1) is 11.6 Å². The summed E-state index contributed by atoms with van der Waals surface area (Å²) in [5.41, 5.74) is 1.38. The van der Waals surface area contributed by atoms with E-state index in [-0.39, 0.29) is 24.1 Å². The van der Waals surface area contributed by atoms with E-state index >= 15 is 0 Å². The number of nitrogens with zero attached hydrogens (tertiary/aromatic N) is 3. The van der Waals surface area contributed by atoms with Crippen LogP contribution in [0.3, 0.4) is 0 Å². The molecule has 8 nitrogen and oxygen atoms in total. The van der Waals surface area contributed by atoms with Gasteiger partial charge < -0.3 is 14.6 Å². The molecule has 0 radical (unpaired) electrons. The Labute approximate surface area is 174 Å². The van der Waals surface area contributed by atoms with Crippen LogP contribution in [0.2, 0.25) is 5.02 Å². The lowest BCUT2D eigenvalue weighted by molar-refractivity contribution is -0.117. The Morgan fingerprint density at radius 2 is 2.07 bits per heavy atom. The second kappa shape index (κ2) is 8.04. The highest BCUT2D eigenvalue weighted by Crippen LogP contribution is 2.28. The molecule has 0 saturated carbocycles. The first kappa shape index (κ1) is 20.3. The van der Waals surface area contributed by atoms with Crippen molar-refractivity contribution in [3.8, 4) is 0 Å². The molecule has 2 N–H and O–H groups in total. The van der Waals surface area contributed by atoms with E-state index < -0.39 is 22.4 Å². The Balaban J connectivity index is 1.37. The maximum absolute atomic E-state index is 13.8. The van der Waals surface area contributed by atoms with Crippen molar-refractivity contribution in [2.24, 2.45) is 0 Å². The van der Waals surface area contributed by atoms with Crippen LogP contribution in [-0.2, 0) is 4.79 Å². The molecule has 0 bridgehead atoms. The third-order valence-electron chi connectivity index (χ3n) is 4.94. The number of rotatable bonds is 4. The molecule has 1 aromatic carbocycles. The zero-order chi connectivity index (χ0) is 21.4. The lowest BCUT2D eigenvalue weighted by Crippen LogP contribution is -2.53. The van der Waals surface area contributed by atoms with Gasteiger partial charge in [0.25, 0.3) is 0 Å². The van der Waals surface area contributed by atoms with E-state index in [4.69, 9.17) is 16.0 Å². The smallest absolute Gasteiger partial charge is 0.406 e. The largest absolute Gasteiger partial charge is 0.418 e. The molecule has 2 aromatic heterocycles. The molecule has 4 rings (SSSR count). The molecule has 3 aromatic rings. The molecule has 3 heterocycles. The van der Waals surface area contributed by atoms with E-state index in [1.165, 1.54) is 24.4 Å². The lowest BCUT2D eigenvalue weighted by atomic mass is 10.1. The van der Waals surface area contributed by atoms with Crippen LogP contribution in [0.5, 0.6) is 0 Å². The summed E-state index contributed by atoms with van der Waals surface area (Å²) < 4.78 is 32.5. The molecule has 1 aliphatic heterocycles. The van der Waals surface area contributed by atoms with E-state index in [1.54, 1.807) is 0 Å². The minimum Gasteiger partial charge on any atom is -0.406 e.